The fourth-order valence-electron chi connectivity index (χ4n) is 0.941. The van der Waals surface area contributed by atoms with E-state index in [1.807, 2.05) is 0 Å². The number of hydrogen-bond donors (Lipinski definition) is 2. The molecule has 1 heterocycles. The molecule has 1 fully saturated rings. The summed E-state index contributed by atoms with van der Waals surface area (Å²) < 4.78 is 0. The highest BCUT2D eigenvalue weighted by molar-refractivity contribution is 5.83. The van der Waals surface area contributed by atoms with Crippen molar-refractivity contribution < 1.29 is 14.7 Å². The van der Waals surface area contributed by atoms with Gasteiger partial charge in [0.1, 0.15) is 6.04 Å². The van der Waals surface area contributed by atoms with Crippen molar-refractivity contribution in [3.05, 3.63) is 0 Å². The Morgan fingerprint density at radius 2 is 2.45 bits per heavy atom. The first-order valence-electron chi connectivity index (χ1n) is 3.35. The maximum Gasteiger partial charge on any atom is 0.326 e. The Morgan fingerprint density at radius 1 is 1.82 bits per heavy atom. The van der Waals surface area contributed by atoms with Gasteiger partial charge in [0.25, 0.3) is 0 Å². The molecule has 0 radical (unpaired) electrons. The van der Waals surface area contributed by atoms with Crippen LogP contribution in [0.15, 0.2) is 0 Å². The van der Waals surface area contributed by atoms with Crippen molar-refractivity contribution in [1.82, 2.24) is 10.2 Å². The number of amides is 2. The van der Waals surface area contributed by atoms with E-state index in [-0.39, 0.29) is 6.03 Å². The first-order chi connectivity index (χ1) is 5.11. The highest BCUT2D eigenvalue weighted by Crippen LogP contribution is 2.02. The first kappa shape index (κ1) is 7.84. The summed E-state index contributed by atoms with van der Waals surface area (Å²) in [6.45, 7) is 0.503. The molecule has 1 rings (SSSR count). The summed E-state index contributed by atoms with van der Waals surface area (Å²) in [4.78, 5) is 22.7. The van der Waals surface area contributed by atoms with Crippen LogP contribution in [0, 0.1) is 0 Å². The molecular formula is C6H10N2O3. The molecule has 0 spiro atoms. The Kier molecular flexibility index (Phi) is 1.98. The number of carboxylic acid groups (broad SMARTS) is 1. The zero-order valence-electron chi connectivity index (χ0n) is 6.20. The van der Waals surface area contributed by atoms with Crippen molar-refractivity contribution in [1.29, 1.82) is 0 Å². The molecule has 0 aromatic carbocycles. The van der Waals surface area contributed by atoms with E-state index in [1.54, 1.807) is 7.05 Å². The van der Waals surface area contributed by atoms with Crippen molar-refractivity contribution in [3.63, 3.8) is 0 Å². The van der Waals surface area contributed by atoms with Crippen LogP contribution in [-0.4, -0.2) is 41.6 Å². The van der Waals surface area contributed by atoms with Crippen molar-refractivity contribution in [2.75, 3.05) is 13.6 Å². The van der Waals surface area contributed by atoms with Crippen LogP contribution in [0.4, 0.5) is 4.79 Å². The molecule has 0 aromatic rings. The molecule has 1 aliphatic heterocycles. The van der Waals surface area contributed by atoms with E-state index in [0.29, 0.717) is 13.0 Å². The second-order valence-electron chi connectivity index (χ2n) is 2.55. The molecule has 1 aliphatic rings. The van der Waals surface area contributed by atoms with Gasteiger partial charge in [0.15, 0.2) is 0 Å². The predicted octanol–water partition coefficient (Wildman–Crippen LogP) is -0.515. The Balaban J connectivity index is 2.53. The lowest BCUT2D eigenvalue weighted by Gasteiger charge is -2.27. The second kappa shape index (κ2) is 2.77. The molecule has 5 nitrogen and oxygen atoms in total. The number of carbonyl (C=O) groups excluding carboxylic acids is 1. The van der Waals surface area contributed by atoms with Gasteiger partial charge in [-0.2, -0.15) is 0 Å². The molecule has 0 aliphatic carbocycles. The number of carbonyl (C=O) groups is 2. The van der Waals surface area contributed by atoms with Crippen LogP contribution in [-0.2, 0) is 4.79 Å². The Bertz CT molecular complexity index is 192. The van der Waals surface area contributed by atoms with E-state index in [1.165, 1.54) is 4.90 Å². The normalized spacial score (nSPS) is 24.6. The quantitative estimate of drug-likeness (QED) is 0.539. The maximum atomic E-state index is 10.9. The number of carboxylic acids is 1. The van der Waals surface area contributed by atoms with Crippen molar-refractivity contribution >= 4 is 12.0 Å². The van der Waals surface area contributed by atoms with E-state index in [4.69, 9.17) is 5.11 Å². The van der Waals surface area contributed by atoms with Gasteiger partial charge in [-0.25, -0.2) is 9.59 Å². The van der Waals surface area contributed by atoms with Gasteiger partial charge in [0.05, 0.1) is 0 Å². The van der Waals surface area contributed by atoms with Crippen LogP contribution in [0.2, 0.25) is 0 Å². The summed E-state index contributed by atoms with van der Waals surface area (Å²) in [6, 6.07) is -1.03. The molecule has 0 aromatic heterocycles. The fraction of sp³-hybridized carbons (Fsp3) is 0.667. The third kappa shape index (κ3) is 1.60. The molecule has 0 unspecified atom stereocenters. The highest BCUT2D eigenvalue weighted by Gasteiger charge is 2.26. The number of nitrogens with one attached hydrogen (secondary N) is 1. The average Bonchev–Trinajstić information content (AvgIpc) is 1.94. The fourth-order valence-corrected chi connectivity index (χ4v) is 0.941. The molecule has 2 N–H and O–H groups in total. The van der Waals surface area contributed by atoms with Gasteiger partial charge >= 0.3 is 12.0 Å². The van der Waals surface area contributed by atoms with E-state index in [9.17, 15) is 9.59 Å². The van der Waals surface area contributed by atoms with E-state index in [0.717, 1.165) is 0 Å². The van der Waals surface area contributed by atoms with Crippen molar-refractivity contribution in [2.24, 2.45) is 0 Å². The molecule has 11 heavy (non-hydrogen) atoms. The summed E-state index contributed by atoms with van der Waals surface area (Å²) in [6.07, 6.45) is 0.470. The number of nitrogens with zero attached hydrogens (tertiary/aromatic N) is 1. The average molecular weight is 158 g/mol. The van der Waals surface area contributed by atoms with Gasteiger partial charge in [0.2, 0.25) is 0 Å². The number of rotatable bonds is 1. The Morgan fingerprint density at radius 3 is 2.91 bits per heavy atom. The van der Waals surface area contributed by atoms with E-state index < -0.39 is 12.0 Å². The van der Waals surface area contributed by atoms with Gasteiger partial charge in [-0.15, -0.1) is 0 Å². The largest absolute Gasteiger partial charge is 0.480 e. The van der Waals surface area contributed by atoms with Crippen LogP contribution in [0.5, 0.6) is 0 Å². The van der Waals surface area contributed by atoms with Crippen LogP contribution in [0.3, 0.4) is 0 Å². The smallest absolute Gasteiger partial charge is 0.326 e. The summed E-state index contributed by atoms with van der Waals surface area (Å²) in [7, 11) is 1.63. The minimum atomic E-state index is -0.966. The number of aliphatic carboxylic acids is 1. The van der Waals surface area contributed by atoms with Crippen molar-refractivity contribution in [3.8, 4) is 0 Å². The number of urea groups is 1. The predicted molar refractivity (Wildman–Crippen MR) is 37.2 cm³/mol. The SMILES string of the molecule is CN1CC[C@@H](C(=O)O)NC1=O. The van der Waals surface area contributed by atoms with Crippen molar-refractivity contribution in [2.45, 2.75) is 12.5 Å². The molecule has 1 atom stereocenters. The lowest BCUT2D eigenvalue weighted by atomic mass is 10.2. The molecule has 0 saturated carbocycles. The Labute approximate surface area is 64.0 Å². The lowest BCUT2D eigenvalue weighted by molar-refractivity contribution is -0.139. The zero-order valence-corrected chi connectivity index (χ0v) is 6.20. The first-order valence-corrected chi connectivity index (χ1v) is 3.35. The molecular weight excluding hydrogens is 148 g/mol. The maximum absolute atomic E-state index is 10.9. The van der Waals surface area contributed by atoms with Gasteiger partial charge in [-0.1, -0.05) is 0 Å². The van der Waals surface area contributed by atoms with Crippen LogP contribution in [0.25, 0.3) is 0 Å². The van der Waals surface area contributed by atoms with E-state index in [2.05, 4.69) is 5.32 Å². The monoisotopic (exact) mass is 158 g/mol. The van der Waals surface area contributed by atoms with Gasteiger partial charge in [-0.3, -0.25) is 0 Å². The van der Waals surface area contributed by atoms with Crippen LogP contribution in [0.1, 0.15) is 6.42 Å². The molecule has 1 saturated heterocycles. The standard InChI is InChI=1S/C6H10N2O3/c1-8-3-2-4(5(9)10)7-6(8)11/h4H,2-3H2,1H3,(H,7,11)(H,9,10)/t4-/m0/s1. The van der Waals surface area contributed by atoms with Crippen LogP contribution >= 0.6 is 0 Å². The van der Waals surface area contributed by atoms with Gasteiger partial charge in [-0.05, 0) is 6.42 Å². The molecule has 2 amide bonds. The van der Waals surface area contributed by atoms with Gasteiger partial charge < -0.3 is 15.3 Å². The summed E-state index contributed by atoms with van der Waals surface area (Å²) in [5.74, 6) is -0.966. The third-order valence-corrected chi connectivity index (χ3v) is 1.70. The molecule has 62 valence electrons. The van der Waals surface area contributed by atoms with Gasteiger partial charge in [0, 0.05) is 13.6 Å². The third-order valence-electron chi connectivity index (χ3n) is 1.70. The zero-order chi connectivity index (χ0) is 8.43. The highest BCUT2D eigenvalue weighted by atomic mass is 16.4. The molecule has 0 bridgehead atoms. The summed E-state index contributed by atoms with van der Waals surface area (Å²) in [5.41, 5.74) is 0. The minimum absolute atomic E-state index is 0.316. The molecule has 5 heteroatoms. The topological polar surface area (TPSA) is 69.6 Å². The van der Waals surface area contributed by atoms with E-state index >= 15 is 0 Å². The Hall–Kier alpha value is -1.26. The minimum Gasteiger partial charge on any atom is -0.480 e. The lowest BCUT2D eigenvalue weighted by Crippen LogP contribution is -2.53. The summed E-state index contributed by atoms with van der Waals surface area (Å²) >= 11 is 0. The number of hydrogen-bond acceptors (Lipinski definition) is 2. The summed E-state index contributed by atoms with van der Waals surface area (Å²) in [5, 5.41) is 10.9. The van der Waals surface area contributed by atoms with Crippen LogP contribution < -0.4 is 5.32 Å². The second-order valence-corrected chi connectivity index (χ2v) is 2.55.